The van der Waals surface area contributed by atoms with Crippen LogP contribution in [0.4, 0.5) is 14.5 Å². The van der Waals surface area contributed by atoms with Crippen molar-refractivity contribution in [2.45, 2.75) is 17.7 Å². The summed E-state index contributed by atoms with van der Waals surface area (Å²) >= 11 is 1.25. The van der Waals surface area contributed by atoms with Crippen molar-refractivity contribution in [2.24, 2.45) is 5.92 Å². The van der Waals surface area contributed by atoms with Gasteiger partial charge in [0, 0.05) is 11.4 Å². The highest BCUT2D eigenvalue weighted by Gasteiger charge is 2.22. The second-order valence-corrected chi connectivity index (χ2v) is 4.60. The predicted molar refractivity (Wildman–Crippen MR) is 54.2 cm³/mol. The molecular formula is C10H11F2NS. The van der Waals surface area contributed by atoms with Gasteiger partial charge in [-0.2, -0.15) is 0 Å². The van der Waals surface area contributed by atoms with Gasteiger partial charge in [0.2, 0.25) is 0 Å². The molecule has 0 bridgehead atoms. The molecule has 0 heterocycles. The van der Waals surface area contributed by atoms with Crippen LogP contribution in [0.5, 0.6) is 0 Å². The highest BCUT2D eigenvalue weighted by molar-refractivity contribution is 7.99. The highest BCUT2D eigenvalue weighted by atomic mass is 32.2. The quantitative estimate of drug-likeness (QED) is 0.619. The van der Waals surface area contributed by atoms with E-state index in [4.69, 9.17) is 5.73 Å². The van der Waals surface area contributed by atoms with Crippen molar-refractivity contribution < 1.29 is 8.78 Å². The molecule has 76 valence electrons. The molecule has 0 radical (unpaired) electrons. The molecule has 2 rings (SSSR count). The van der Waals surface area contributed by atoms with Crippen molar-refractivity contribution in [2.75, 3.05) is 11.5 Å². The molecule has 0 atom stereocenters. The van der Waals surface area contributed by atoms with Gasteiger partial charge in [0.1, 0.15) is 11.6 Å². The maximum absolute atomic E-state index is 13.2. The largest absolute Gasteiger partial charge is 0.399 e. The molecule has 1 saturated carbocycles. The van der Waals surface area contributed by atoms with Crippen molar-refractivity contribution in [1.29, 1.82) is 0 Å². The van der Waals surface area contributed by atoms with Crippen molar-refractivity contribution in [3.8, 4) is 0 Å². The van der Waals surface area contributed by atoms with Crippen LogP contribution >= 0.6 is 11.8 Å². The summed E-state index contributed by atoms with van der Waals surface area (Å²) in [6.07, 6.45) is 2.37. The zero-order chi connectivity index (χ0) is 10.1. The lowest BCUT2D eigenvalue weighted by molar-refractivity contribution is 0.541. The van der Waals surface area contributed by atoms with Gasteiger partial charge in [-0.15, -0.1) is 11.8 Å². The van der Waals surface area contributed by atoms with Gasteiger partial charge < -0.3 is 5.73 Å². The minimum absolute atomic E-state index is 0.103. The van der Waals surface area contributed by atoms with Crippen molar-refractivity contribution >= 4 is 17.4 Å². The van der Waals surface area contributed by atoms with Crippen LogP contribution in [0, 0.1) is 17.6 Å². The van der Waals surface area contributed by atoms with Gasteiger partial charge >= 0.3 is 0 Å². The van der Waals surface area contributed by atoms with Crippen molar-refractivity contribution in [3.05, 3.63) is 23.8 Å². The summed E-state index contributed by atoms with van der Waals surface area (Å²) in [6.45, 7) is 0. The molecule has 1 fully saturated rings. The number of nitrogen functional groups attached to an aromatic ring is 1. The van der Waals surface area contributed by atoms with E-state index < -0.39 is 11.6 Å². The van der Waals surface area contributed by atoms with E-state index in [1.165, 1.54) is 24.6 Å². The van der Waals surface area contributed by atoms with Crippen LogP contribution in [-0.2, 0) is 0 Å². The Morgan fingerprint density at radius 2 is 1.86 bits per heavy atom. The molecule has 0 saturated heterocycles. The van der Waals surface area contributed by atoms with E-state index in [0.717, 1.165) is 17.9 Å². The lowest BCUT2D eigenvalue weighted by Gasteiger charge is -2.04. The first-order valence-electron chi connectivity index (χ1n) is 4.54. The Morgan fingerprint density at radius 1 is 1.29 bits per heavy atom. The monoisotopic (exact) mass is 215 g/mol. The summed E-state index contributed by atoms with van der Waals surface area (Å²) in [5.74, 6) is 0.357. The lowest BCUT2D eigenvalue weighted by Crippen LogP contribution is -1.94. The van der Waals surface area contributed by atoms with Crippen LogP contribution in [0.1, 0.15) is 12.8 Å². The minimum atomic E-state index is -0.548. The summed E-state index contributed by atoms with van der Waals surface area (Å²) in [6, 6.07) is 2.33. The maximum atomic E-state index is 13.2. The van der Waals surface area contributed by atoms with Gasteiger partial charge in [0.15, 0.2) is 0 Å². The normalized spacial score (nSPS) is 15.9. The topological polar surface area (TPSA) is 26.0 Å². The SMILES string of the molecule is Nc1cc(F)c(SCC2CC2)c(F)c1. The first-order valence-corrected chi connectivity index (χ1v) is 5.52. The van der Waals surface area contributed by atoms with Gasteiger partial charge in [0.25, 0.3) is 0 Å². The summed E-state index contributed by atoms with van der Waals surface area (Å²) in [4.78, 5) is 0.103. The van der Waals surface area contributed by atoms with Crippen LogP contribution in [-0.4, -0.2) is 5.75 Å². The fraction of sp³-hybridized carbons (Fsp3) is 0.400. The second-order valence-electron chi connectivity index (χ2n) is 3.57. The zero-order valence-electron chi connectivity index (χ0n) is 7.59. The fourth-order valence-electron chi connectivity index (χ4n) is 1.20. The number of anilines is 1. The third kappa shape index (κ3) is 2.18. The van der Waals surface area contributed by atoms with Crippen LogP contribution in [0.2, 0.25) is 0 Å². The Hall–Kier alpha value is -0.770. The molecule has 0 aromatic heterocycles. The number of nitrogens with two attached hydrogens (primary N) is 1. The Bertz CT molecular complexity index is 327. The Kier molecular flexibility index (Phi) is 2.63. The van der Waals surface area contributed by atoms with E-state index in [2.05, 4.69) is 0 Å². The summed E-state index contributed by atoms with van der Waals surface area (Å²) in [7, 11) is 0. The van der Waals surface area contributed by atoms with E-state index in [1.807, 2.05) is 0 Å². The fourth-order valence-corrected chi connectivity index (χ4v) is 2.33. The van der Waals surface area contributed by atoms with Gasteiger partial charge in [-0.25, -0.2) is 8.78 Å². The van der Waals surface area contributed by atoms with Gasteiger partial charge in [-0.05, 0) is 30.9 Å². The molecule has 0 aliphatic heterocycles. The van der Waals surface area contributed by atoms with Gasteiger partial charge in [0.05, 0.1) is 4.90 Å². The maximum Gasteiger partial charge on any atom is 0.141 e. The average molecular weight is 215 g/mol. The van der Waals surface area contributed by atoms with Crippen LogP contribution in [0.3, 0.4) is 0 Å². The molecule has 1 aromatic carbocycles. The van der Waals surface area contributed by atoms with E-state index >= 15 is 0 Å². The Balaban J connectivity index is 2.13. The molecule has 1 aliphatic carbocycles. The smallest absolute Gasteiger partial charge is 0.141 e. The van der Waals surface area contributed by atoms with Crippen LogP contribution in [0.15, 0.2) is 17.0 Å². The lowest BCUT2D eigenvalue weighted by atomic mass is 10.3. The molecule has 1 nitrogen and oxygen atoms in total. The zero-order valence-corrected chi connectivity index (χ0v) is 8.41. The van der Waals surface area contributed by atoms with Gasteiger partial charge in [-0.3, -0.25) is 0 Å². The van der Waals surface area contributed by atoms with E-state index in [0.29, 0.717) is 5.92 Å². The van der Waals surface area contributed by atoms with Crippen LogP contribution < -0.4 is 5.73 Å². The standard InChI is InChI=1S/C10H11F2NS/c11-8-3-7(13)4-9(12)10(8)14-5-6-1-2-6/h3-4,6H,1-2,5,13H2. The summed E-state index contributed by atoms with van der Waals surface area (Å²) in [5, 5.41) is 0. The third-order valence-corrected chi connectivity index (χ3v) is 3.50. The second kappa shape index (κ2) is 3.77. The van der Waals surface area contributed by atoms with Gasteiger partial charge in [-0.1, -0.05) is 0 Å². The number of hydrogen-bond donors (Lipinski definition) is 1. The molecular weight excluding hydrogens is 204 g/mol. The molecule has 0 spiro atoms. The average Bonchev–Trinajstić information content (AvgIpc) is 2.85. The number of hydrogen-bond acceptors (Lipinski definition) is 2. The van der Waals surface area contributed by atoms with E-state index in [1.54, 1.807) is 0 Å². The third-order valence-electron chi connectivity index (χ3n) is 2.18. The summed E-state index contributed by atoms with van der Waals surface area (Å²) < 4.78 is 26.5. The molecule has 0 amide bonds. The van der Waals surface area contributed by atoms with Crippen molar-refractivity contribution in [1.82, 2.24) is 0 Å². The van der Waals surface area contributed by atoms with E-state index in [-0.39, 0.29) is 10.6 Å². The molecule has 2 N–H and O–H groups in total. The summed E-state index contributed by atoms with van der Waals surface area (Å²) in [5.41, 5.74) is 5.44. The molecule has 1 aliphatic rings. The molecule has 14 heavy (non-hydrogen) atoms. The van der Waals surface area contributed by atoms with E-state index in [9.17, 15) is 8.78 Å². The minimum Gasteiger partial charge on any atom is -0.399 e. The molecule has 1 aromatic rings. The number of thioether (sulfide) groups is 1. The molecule has 0 unspecified atom stereocenters. The molecule has 4 heteroatoms. The number of rotatable bonds is 3. The number of halogens is 2. The Morgan fingerprint density at radius 3 is 2.36 bits per heavy atom. The number of benzene rings is 1. The predicted octanol–water partition coefficient (Wildman–Crippen LogP) is 3.05. The first kappa shape index (κ1) is 9.77. The highest BCUT2D eigenvalue weighted by Crippen LogP contribution is 2.37. The Labute approximate surface area is 85.7 Å². The van der Waals surface area contributed by atoms with Crippen molar-refractivity contribution in [3.63, 3.8) is 0 Å². The first-order chi connectivity index (χ1) is 6.66. The van der Waals surface area contributed by atoms with Crippen LogP contribution in [0.25, 0.3) is 0 Å².